The lowest BCUT2D eigenvalue weighted by Crippen LogP contribution is -2.37. The minimum atomic E-state index is -4.77. The summed E-state index contributed by atoms with van der Waals surface area (Å²) >= 11 is 0. The Hall–Kier alpha value is -3.07. The van der Waals surface area contributed by atoms with Gasteiger partial charge in [-0.1, -0.05) is 37.6 Å². The summed E-state index contributed by atoms with van der Waals surface area (Å²) in [5, 5.41) is 8.53. The van der Waals surface area contributed by atoms with Gasteiger partial charge in [0, 0.05) is 18.7 Å². The van der Waals surface area contributed by atoms with E-state index in [0.717, 1.165) is 18.4 Å². The summed E-state index contributed by atoms with van der Waals surface area (Å²) in [5.74, 6) is -0.760. The molecule has 0 heterocycles. The number of unbranched alkanes of at least 4 members (excludes halogenated alkanes) is 1. The standard InChI is InChI=1S/C23H28F3N3O3/c1-3-4-14-28-21(30)18-7-5-16(6-8-18)13-15-29-22(31)20(27-2)17-9-11-19(12-10-17)32-23(24,25)26/h5-12,20,27H,3-4,13-15H2,1-2H3,(H,28,30)(H,29,31). The molecule has 32 heavy (non-hydrogen) atoms. The van der Waals surface area contributed by atoms with Crippen LogP contribution in [0, 0.1) is 0 Å². The van der Waals surface area contributed by atoms with Crippen molar-refractivity contribution in [2.24, 2.45) is 0 Å². The molecule has 2 rings (SSSR count). The van der Waals surface area contributed by atoms with E-state index in [1.54, 1.807) is 19.2 Å². The highest BCUT2D eigenvalue weighted by Crippen LogP contribution is 2.24. The Morgan fingerprint density at radius 1 is 0.969 bits per heavy atom. The molecule has 0 fully saturated rings. The minimum absolute atomic E-state index is 0.109. The summed E-state index contributed by atoms with van der Waals surface area (Å²) < 4.78 is 40.7. The molecule has 0 radical (unpaired) electrons. The molecule has 3 N–H and O–H groups in total. The number of hydrogen-bond acceptors (Lipinski definition) is 4. The molecule has 2 amide bonds. The van der Waals surface area contributed by atoms with E-state index in [0.29, 0.717) is 30.6 Å². The van der Waals surface area contributed by atoms with Gasteiger partial charge in [0.15, 0.2) is 0 Å². The number of amides is 2. The van der Waals surface area contributed by atoms with Gasteiger partial charge in [-0.3, -0.25) is 9.59 Å². The summed E-state index contributed by atoms with van der Waals surface area (Å²) in [5.41, 5.74) is 2.06. The molecule has 0 aromatic heterocycles. The summed E-state index contributed by atoms with van der Waals surface area (Å²) in [7, 11) is 1.59. The van der Waals surface area contributed by atoms with Crippen molar-refractivity contribution in [3.8, 4) is 5.75 Å². The number of carbonyl (C=O) groups is 2. The van der Waals surface area contributed by atoms with Crippen LogP contribution in [-0.2, 0) is 11.2 Å². The largest absolute Gasteiger partial charge is 0.573 e. The van der Waals surface area contributed by atoms with Crippen molar-refractivity contribution in [2.45, 2.75) is 38.6 Å². The maximum Gasteiger partial charge on any atom is 0.573 e. The number of benzene rings is 2. The monoisotopic (exact) mass is 451 g/mol. The summed E-state index contributed by atoms with van der Waals surface area (Å²) in [6, 6.07) is 11.6. The molecule has 9 heteroatoms. The topological polar surface area (TPSA) is 79.5 Å². The summed E-state index contributed by atoms with van der Waals surface area (Å²) in [6.07, 6.45) is -2.25. The van der Waals surface area contributed by atoms with E-state index in [-0.39, 0.29) is 17.6 Å². The van der Waals surface area contributed by atoms with Gasteiger partial charge in [-0.2, -0.15) is 0 Å². The normalized spacial score (nSPS) is 12.2. The second kappa shape index (κ2) is 12.1. The number of ether oxygens (including phenoxy) is 1. The van der Waals surface area contributed by atoms with E-state index in [2.05, 4.69) is 27.6 Å². The fourth-order valence-electron chi connectivity index (χ4n) is 3.05. The first-order chi connectivity index (χ1) is 15.2. The van der Waals surface area contributed by atoms with Gasteiger partial charge in [0.1, 0.15) is 11.8 Å². The highest BCUT2D eigenvalue weighted by molar-refractivity contribution is 5.94. The number of rotatable bonds is 11. The van der Waals surface area contributed by atoms with Crippen LogP contribution in [0.25, 0.3) is 0 Å². The SMILES string of the molecule is CCCCNC(=O)c1ccc(CCNC(=O)C(NC)c2ccc(OC(F)(F)F)cc2)cc1. The number of carbonyl (C=O) groups excluding carboxylic acids is 2. The van der Waals surface area contributed by atoms with Crippen molar-refractivity contribution in [3.63, 3.8) is 0 Å². The molecule has 0 aliphatic carbocycles. The van der Waals surface area contributed by atoms with E-state index in [9.17, 15) is 22.8 Å². The van der Waals surface area contributed by atoms with Gasteiger partial charge >= 0.3 is 6.36 Å². The molecule has 2 aromatic carbocycles. The van der Waals surface area contributed by atoms with Crippen molar-refractivity contribution < 1.29 is 27.5 Å². The maximum absolute atomic E-state index is 12.5. The average molecular weight is 451 g/mol. The van der Waals surface area contributed by atoms with Crippen LogP contribution in [0.4, 0.5) is 13.2 Å². The minimum Gasteiger partial charge on any atom is -0.406 e. The first-order valence-electron chi connectivity index (χ1n) is 10.4. The first-order valence-corrected chi connectivity index (χ1v) is 10.4. The van der Waals surface area contributed by atoms with E-state index in [1.165, 1.54) is 24.3 Å². The van der Waals surface area contributed by atoms with Gasteiger partial charge in [0.05, 0.1) is 0 Å². The van der Waals surface area contributed by atoms with Crippen molar-refractivity contribution in [1.29, 1.82) is 0 Å². The van der Waals surface area contributed by atoms with Crippen molar-refractivity contribution >= 4 is 11.8 Å². The number of halogens is 3. The lowest BCUT2D eigenvalue weighted by atomic mass is 10.1. The van der Waals surface area contributed by atoms with Crippen LogP contribution in [0.15, 0.2) is 48.5 Å². The van der Waals surface area contributed by atoms with Gasteiger partial charge in [0.25, 0.3) is 5.91 Å². The molecule has 0 aliphatic rings. The third-order valence-corrected chi connectivity index (χ3v) is 4.74. The highest BCUT2D eigenvalue weighted by Gasteiger charge is 2.31. The molecular formula is C23H28F3N3O3. The van der Waals surface area contributed by atoms with Gasteiger partial charge in [-0.25, -0.2) is 0 Å². The zero-order valence-corrected chi connectivity index (χ0v) is 18.1. The van der Waals surface area contributed by atoms with Crippen LogP contribution < -0.4 is 20.7 Å². The van der Waals surface area contributed by atoms with Crippen molar-refractivity contribution in [3.05, 3.63) is 65.2 Å². The molecule has 1 atom stereocenters. The van der Waals surface area contributed by atoms with Crippen molar-refractivity contribution in [2.75, 3.05) is 20.1 Å². The molecule has 1 unspecified atom stereocenters. The lowest BCUT2D eigenvalue weighted by molar-refractivity contribution is -0.274. The second-order valence-electron chi connectivity index (χ2n) is 7.19. The third kappa shape index (κ3) is 8.22. The quantitative estimate of drug-likeness (QED) is 0.455. The molecule has 2 aromatic rings. The fourth-order valence-corrected chi connectivity index (χ4v) is 3.05. The highest BCUT2D eigenvalue weighted by atomic mass is 19.4. The zero-order chi connectivity index (χ0) is 23.6. The maximum atomic E-state index is 12.5. The third-order valence-electron chi connectivity index (χ3n) is 4.74. The van der Waals surface area contributed by atoms with Crippen LogP contribution in [0.1, 0.15) is 47.3 Å². The fraction of sp³-hybridized carbons (Fsp3) is 0.391. The number of alkyl halides is 3. The van der Waals surface area contributed by atoms with Crippen molar-refractivity contribution in [1.82, 2.24) is 16.0 Å². The molecule has 0 saturated carbocycles. The summed E-state index contributed by atoms with van der Waals surface area (Å²) in [6.45, 7) is 3.07. The van der Waals surface area contributed by atoms with Crippen LogP contribution in [-0.4, -0.2) is 38.3 Å². The average Bonchev–Trinajstić information content (AvgIpc) is 2.75. The Labute approximate surface area is 185 Å². The van der Waals surface area contributed by atoms with E-state index in [4.69, 9.17) is 0 Å². The number of hydrogen-bond donors (Lipinski definition) is 3. The van der Waals surface area contributed by atoms with Crippen LogP contribution in [0.2, 0.25) is 0 Å². The van der Waals surface area contributed by atoms with Crippen LogP contribution in [0.3, 0.4) is 0 Å². The first kappa shape index (κ1) is 25.2. The van der Waals surface area contributed by atoms with Gasteiger partial charge in [-0.05, 0) is 55.3 Å². The number of likely N-dealkylation sites (N-methyl/N-ethyl adjacent to an activating group) is 1. The Morgan fingerprint density at radius 2 is 1.62 bits per heavy atom. The van der Waals surface area contributed by atoms with E-state index >= 15 is 0 Å². The van der Waals surface area contributed by atoms with Gasteiger partial charge < -0.3 is 20.7 Å². The Balaban J connectivity index is 1.85. The Morgan fingerprint density at radius 3 is 2.19 bits per heavy atom. The van der Waals surface area contributed by atoms with E-state index < -0.39 is 12.4 Å². The van der Waals surface area contributed by atoms with Crippen LogP contribution in [0.5, 0.6) is 5.75 Å². The lowest BCUT2D eigenvalue weighted by Gasteiger charge is -2.17. The molecule has 0 spiro atoms. The van der Waals surface area contributed by atoms with E-state index in [1.807, 2.05) is 12.1 Å². The van der Waals surface area contributed by atoms with Gasteiger partial charge in [0.2, 0.25) is 5.91 Å². The molecule has 0 aliphatic heterocycles. The predicted octanol–water partition coefficient (Wildman–Crippen LogP) is 3.73. The summed E-state index contributed by atoms with van der Waals surface area (Å²) in [4.78, 5) is 24.5. The Bertz CT molecular complexity index is 869. The van der Waals surface area contributed by atoms with Crippen LogP contribution >= 0.6 is 0 Å². The predicted molar refractivity (Wildman–Crippen MR) is 115 cm³/mol. The number of nitrogens with one attached hydrogen (secondary N) is 3. The smallest absolute Gasteiger partial charge is 0.406 e. The Kier molecular flexibility index (Phi) is 9.52. The van der Waals surface area contributed by atoms with Gasteiger partial charge in [-0.15, -0.1) is 13.2 Å². The molecule has 6 nitrogen and oxygen atoms in total. The second-order valence-corrected chi connectivity index (χ2v) is 7.19. The molecular weight excluding hydrogens is 423 g/mol. The molecule has 0 bridgehead atoms. The molecule has 0 saturated heterocycles. The molecule has 174 valence electrons. The zero-order valence-electron chi connectivity index (χ0n) is 18.1.